The number of carboxylic acid groups (broad SMARTS) is 1. The van der Waals surface area contributed by atoms with E-state index in [4.69, 9.17) is 4.74 Å². The maximum Gasteiger partial charge on any atom is 0.322 e. The lowest BCUT2D eigenvalue weighted by Crippen LogP contribution is -2.44. The van der Waals surface area contributed by atoms with Gasteiger partial charge >= 0.3 is 5.97 Å². The van der Waals surface area contributed by atoms with Crippen LogP contribution < -0.4 is 15.4 Å². The molecule has 1 rings (SSSR count). The van der Waals surface area contributed by atoms with E-state index in [0.29, 0.717) is 5.75 Å². The Morgan fingerprint density at radius 3 is 2.47 bits per heavy atom. The molecule has 3 N–H and O–H groups in total. The Kier molecular flexibility index (Phi) is 5.79. The number of hydrogen-bond acceptors (Lipinski definition) is 4. The third-order valence-electron chi connectivity index (χ3n) is 3.26. The van der Waals surface area contributed by atoms with Crippen molar-refractivity contribution in [1.29, 1.82) is 0 Å². The summed E-state index contributed by atoms with van der Waals surface area (Å²) >= 11 is 0. The Balaban J connectivity index is 3.25. The standard InChI is InChI=1S/C14H22N2O3/c1-5-9-6-7-11(19-4)10(8-9)12(15-2)13(16-3)14(17)18/h6-8,12-13,15-16H,5H2,1-4H3,(H,17,18). The molecule has 2 unspecified atom stereocenters. The van der Waals surface area contributed by atoms with Gasteiger partial charge in [-0.3, -0.25) is 4.79 Å². The van der Waals surface area contributed by atoms with E-state index in [0.717, 1.165) is 17.5 Å². The van der Waals surface area contributed by atoms with Crippen molar-refractivity contribution in [3.05, 3.63) is 29.3 Å². The number of carbonyl (C=O) groups is 1. The van der Waals surface area contributed by atoms with Gasteiger partial charge in [0.05, 0.1) is 13.2 Å². The van der Waals surface area contributed by atoms with Gasteiger partial charge < -0.3 is 20.5 Å². The molecule has 0 saturated carbocycles. The van der Waals surface area contributed by atoms with Crippen molar-refractivity contribution in [3.63, 3.8) is 0 Å². The molecular formula is C14H22N2O3. The van der Waals surface area contributed by atoms with Crippen LogP contribution >= 0.6 is 0 Å². The number of hydrogen-bond donors (Lipinski definition) is 3. The van der Waals surface area contributed by atoms with Gasteiger partial charge in [-0.15, -0.1) is 0 Å². The number of benzene rings is 1. The Morgan fingerprint density at radius 1 is 1.37 bits per heavy atom. The summed E-state index contributed by atoms with van der Waals surface area (Å²) in [6.45, 7) is 2.06. The summed E-state index contributed by atoms with van der Waals surface area (Å²) in [6, 6.07) is 4.79. The molecule has 5 nitrogen and oxygen atoms in total. The number of nitrogens with one attached hydrogen (secondary N) is 2. The van der Waals surface area contributed by atoms with Crippen molar-refractivity contribution in [2.75, 3.05) is 21.2 Å². The fourth-order valence-corrected chi connectivity index (χ4v) is 2.18. The van der Waals surface area contributed by atoms with E-state index in [9.17, 15) is 9.90 Å². The van der Waals surface area contributed by atoms with Crippen LogP contribution in [0, 0.1) is 0 Å². The molecule has 0 heterocycles. The molecule has 0 fully saturated rings. The van der Waals surface area contributed by atoms with Gasteiger partial charge in [0.25, 0.3) is 0 Å². The number of carboxylic acids is 1. The van der Waals surface area contributed by atoms with Crippen LogP contribution in [0.15, 0.2) is 18.2 Å². The van der Waals surface area contributed by atoms with E-state index >= 15 is 0 Å². The summed E-state index contributed by atoms with van der Waals surface area (Å²) < 4.78 is 5.34. The minimum Gasteiger partial charge on any atom is -0.496 e. The highest BCUT2D eigenvalue weighted by Crippen LogP contribution is 2.28. The van der Waals surface area contributed by atoms with Crippen LogP contribution in [-0.4, -0.2) is 38.3 Å². The Morgan fingerprint density at radius 2 is 2.05 bits per heavy atom. The lowest BCUT2D eigenvalue weighted by atomic mass is 9.96. The number of likely N-dealkylation sites (N-methyl/N-ethyl adjacent to an activating group) is 2. The smallest absolute Gasteiger partial charge is 0.322 e. The highest BCUT2D eigenvalue weighted by Gasteiger charge is 2.29. The molecule has 0 aliphatic rings. The molecule has 1 aromatic rings. The molecular weight excluding hydrogens is 244 g/mol. The normalized spacial score (nSPS) is 13.9. The van der Waals surface area contributed by atoms with Gasteiger partial charge in [0.2, 0.25) is 0 Å². The lowest BCUT2D eigenvalue weighted by Gasteiger charge is -2.25. The van der Waals surface area contributed by atoms with Gasteiger partial charge in [0.1, 0.15) is 11.8 Å². The summed E-state index contributed by atoms with van der Waals surface area (Å²) in [5.74, 6) is -0.205. The molecule has 1 aromatic carbocycles. The number of aliphatic carboxylic acids is 1. The van der Waals surface area contributed by atoms with E-state index < -0.39 is 12.0 Å². The molecule has 2 atom stereocenters. The molecule has 0 aromatic heterocycles. The van der Waals surface area contributed by atoms with Crippen LogP contribution in [0.5, 0.6) is 5.75 Å². The average molecular weight is 266 g/mol. The average Bonchev–Trinajstić information content (AvgIpc) is 2.43. The second-order valence-electron chi connectivity index (χ2n) is 4.30. The molecule has 19 heavy (non-hydrogen) atoms. The van der Waals surface area contributed by atoms with Crippen molar-refractivity contribution >= 4 is 5.97 Å². The third-order valence-corrected chi connectivity index (χ3v) is 3.26. The van der Waals surface area contributed by atoms with Gasteiger partial charge in [-0.25, -0.2) is 0 Å². The van der Waals surface area contributed by atoms with Crippen molar-refractivity contribution in [2.24, 2.45) is 0 Å². The van der Waals surface area contributed by atoms with Gasteiger partial charge in [-0.1, -0.05) is 19.1 Å². The van der Waals surface area contributed by atoms with Crippen molar-refractivity contribution in [2.45, 2.75) is 25.4 Å². The number of methoxy groups -OCH3 is 1. The monoisotopic (exact) mass is 266 g/mol. The van der Waals surface area contributed by atoms with Crippen LogP contribution in [0.4, 0.5) is 0 Å². The molecule has 0 aliphatic heterocycles. The number of aryl methyl sites for hydroxylation is 1. The Hall–Kier alpha value is -1.59. The minimum absolute atomic E-state index is 0.357. The van der Waals surface area contributed by atoms with Crippen LogP contribution in [0.1, 0.15) is 24.1 Å². The zero-order valence-corrected chi connectivity index (χ0v) is 11.9. The van der Waals surface area contributed by atoms with Gasteiger partial charge in [-0.05, 0) is 32.1 Å². The predicted octanol–water partition coefficient (Wildman–Crippen LogP) is 1.19. The number of ether oxygens (including phenoxy) is 1. The van der Waals surface area contributed by atoms with E-state index in [-0.39, 0.29) is 6.04 Å². The van der Waals surface area contributed by atoms with Gasteiger partial charge in [0.15, 0.2) is 0 Å². The summed E-state index contributed by atoms with van der Waals surface area (Å²) in [6.07, 6.45) is 0.894. The molecule has 0 bridgehead atoms. The molecule has 0 spiro atoms. The molecule has 0 radical (unpaired) electrons. The van der Waals surface area contributed by atoms with Crippen LogP contribution in [-0.2, 0) is 11.2 Å². The van der Waals surface area contributed by atoms with E-state index in [1.165, 1.54) is 0 Å². The SMILES string of the molecule is CCc1ccc(OC)c(C(NC)C(NC)C(=O)O)c1. The van der Waals surface area contributed by atoms with Crippen LogP contribution in [0.2, 0.25) is 0 Å². The van der Waals surface area contributed by atoms with E-state index in [1.807, 2.05) is 18.2 Å². The van der Waals surface area contributed by atoms with Crippen LogP contribution in [0.3, 0.4) is 0 Å². The highest BCUT2D eigenvalue weighted by molar-refractivity contribution is 5.75. The third kappa shape index (κ3) is 3.45. The lowest BCUT2D eigenvalue weighted by molar-refractivity contribution is -0.140. The van der Waals surface area contributed by atoms with Gasteiger partial charge in [0, 0.05) is 5.56 Å². The second kappa shape index (κ2) is 7.11. The van der Waals surface area contributed by atoms with Crippen molar-refractivity contribution in [1.82, 2.24) is 10.6 Å². The maximum atomic E-state index is 11.3. The molecule has 0 aliphatic carbocycles. The maximum absolute atomic E-state index is 11.3. The predicted molar refractivity (Wildman–Crippen MR) is 74.7 cm³/mol. The molecule has 0 saturated heterocycles. The Labute approximate surface area is 114 Å². The topological polar surface area (TPSA) is 70.6 Å². The molecule has 106 valence electrons. The van der Waals surface area contributed by atoms with Gasteiger partial charge in [-0.2, -0.15) is 0 Å². The van der Waals surface area contributed by atoms with E-state index in [1.54, 1.807) is 21.2 Å². The van der Waals surface area contributed by atoms with Crippen molar-refractivity contribution in [3.8, 4) is 5.75 Å². The van der Waals surface area contributed by atoms with Crippen molar-refractivity contribution < 1.29 is 14.6 Å². The summed E-state index contributed by atoms with van der Waals surface area (Å²) in [5, 5.41) is 15.2. The van der Waals surface area contributed by atoms with Crippen LogP contribution in [0.25, 0.3) is 0 Å². The Bertz CT molecular complexity index is 435. The minimum atomic E-state index is -0.897. The first-order chi connectivity index (χ1) is 9.08. The van der Waals surface area contributed by atoms with E-state index in [2.05, 4.69) is 17.6 Å². The first-order valence-corrected chi connectivity index (χ1v) is 6.33. The quantitative estimate of drug-likeness (QED) is 0.691. The zero-order chi connectivity index (χ0) is 14.4. The second-order valence-corrected chi connectivity index (χ2v) is 4.30. The largest absolute Gasteiger partial charge is 0.496 e. The summed E-state index contributed by atoms with van der Waals surface area (Å²) in [4.78, 5) is 11.3. The fourth-order valence-electron chi connectivity index (χ4n) is 2.18. The molecule has 5 heteroatoms. The summed E-state index contributed by atoms with van der Waals surface area (Å²) in [5.41, 5.74) is 2.00. The highest BCUT2D eigenvalue weighted by atomic mass is 16.5. The zero-order valence-electron chi connectivity index (χ0n) is 11.9. The summed E-state index contributed by atoms with van der Waals surface area (Å²) in [7, 11) is 4.97. The first kappa shape index (κ1) is 15.5. The number of rotatable bonds is 7. The molecule has 0 amide bonds. The fraction of sp³-hybridized carbons (Fsp3) is 0.500. The first-order valence-electron chi connectivity index (χ1n) is 6.33.